The van der Waals surface area contributed by atoms with E-state index in [1.165, 1.54) is 12.8 Å². The van der Waals surface area contributed by atoms with Gasteiger partial charge in [-0.25, -0.2) is 0 Å². The maximum Gasteiger partial charge on any atom is 0.122 e. The fourth-order valence-corrected chi connectivity index (χ4v) is 3.10. The molecule has 1 aromatic rings. The molecule has 1 saturated heterocycles. The minimum absolute atomic E-state index is 0.0659. The molecular weight excluding hydrogens is 270 g/mol. The predicted molar refractivity (Wildman–Crippen MR) is 85.3 cm³/mol. The zero-order valence-corrected chi connectivity index (χ0v) is 13.1. The van der Waals surface area contributed by atoms with Crippen LogP contribution in [0.15, 0.2) is 18.2 Å². The number of halogens is 1. The van der Waals surface area contributed by atoms with Gasteiger partial charge in [-0.2, -0.15) is 0 Å². The van der Waals surface area contributed by atoms with Gasteiger partial charge in [0.2, 0.25) is 0 Å². The van der Waals surface area contributed by atoms with Crippen molar-refractivity contribution in [1.82, 2.24) is 4.90 Å². The van der Waals surface area contributed by atoms with Crippen LogP contribution in [0.1, 0.15) is 37.8 Å². The Bertz CT molecular complexity index is 477. The minimum Gasteiger partial charge on any atom is -0.384 e. The number of amidine groups is 1. The van der Waals surface area contributed by atoms with Crippen LogP contribution in [0.3, 0.4) is 0 Å². The van der Waals surface area contributed by atoms with E-state index < -0.39 is 0 Å². The number of likely N-dealkylation sites (tertiary alicyclic amines) is 1. The number of piperidine rings is 1. The number of benzene rings is 1. The van der Waals surface area contributed by atoms with E-state index in [2.05, 4.69) is 18.7 Å². The first-order valence-electron chi connectivity index (χ1n) is 7.32. The molecule has 0 aliphatic carbocycles. The molecule has 0 bridgehead atoms. The number of rotatable bonds is 4. The van der Waals surface area contributed by atoms with Gasteiger partial charge in [0.05, 0.1) is 0 Å². The second kappa shape index (κ2) is 6.59. The molecule has 4 heteroatoms. The lowest BCUT2D eigenvalue weighted by molar-refractivity contribution is 0.152. The molecule has 20 heavy (non-hydrogen) atoms. The highest BCUT2D eigenvalue weighted by Crippen LogP contribution is 2.26. The van der Waals surface area contributed by atoms with Crippen LogP contribution in [0.5, 0.6) is 0 Å². The molecule has 3 N–H and O–H groups in total. The Morgan fingerprint density at radius 1 is 1.40 bits per heavy atom. The van der Waals surface area contributed by atoms with Crippen molar-refractivity contribution in [3.05, 3.63) is 34.3 Å². The molecule has 1 heterocycles. The monoisotopic (exact) mass is 293 g/mol. The molecule has 0 radical (unpaired) electrons. The Hall–Kier alpha value is -1.06. The fourth-order valence-electron chi connectivity index (χ4n) is 2.86. The molecule has 0 aromatic heterocycles. The molecule has 1 aromatic carbocycles. The van der Waals surface area contributed by atoms with Crippen molar-refractivity contribution in [3.8, 4) is 0 Å². The molecule has 0 atom stereocenters. The van der Waals surface area contributed by atoms with Crippen LogP contribution in [0.2, 0.25) is 5.02 Å². The summed E-state index contributed by atoms with van der Waals surface area (Å²) in [5, 5.41) is 8.14. The largest absolute Gasteiger partial charge is 0.384 e. The summed E-state index contributed by atoms with van der Waals surface area (Å²) < 4.78 is 0. The highest BCUT2D eigenvalue weighted by molar-refractivity contribution is 6.31. The van der Waals surface area contributed by atoms with Gasteiger partial charge >= 0.3 is 0 Å². The van der Waals surface area contributed by atoms with Crippen molar-refractivity contribution in [1.29, 1.82) is 5.41 Å². The summed E-state index contributed by atoms with van der Waals surface area (Å²) in [7, 11) is 0. The molecule has 0 spiro atoms. The molecule has 1 aliphatic heterocycles. The lowest BCUT2D eigenvalue weighted by Gasteiger charge is -2.34. The van der Waals surface area contributed by atoms with Crippen LogP contribution >= 0.6 is 11.6 Å². The van der Waals surface area contributed by atoms with E-state index in [1.54, 1.807) is 6.07 Å². The maximum absolute atomic E-state index is 7.43. The highest BCUT2D eigenvalue weighted by atomic mass is 35.5. The van der Waals surface area contributed by atoms with Gasteiger partial charge in [0.15, 0.2) is 0 Å². The normalized spacial score (nSPS) is 17.6. The smallest absolute Gasteiger partial charge is 0.122 e. The van der Waals surface area contributed by atoms with Crippen LogP contribution in [-0.4, -0.2) is 23.8 Å². The average Bonchev–Trinajstić information content (AvgIpc) is 2.41. The topological polar surface area (TPSA) is 53.1 Å². The quantitative estimate of drug-likeness (QED) is 0.659. The van der Waals surface area contributed by atoms with Gasteiger partial charge in [-0.15, -0.1) is 0 Å². The molecule has 1 fully saturated rings. The first kappa shape index (κ1) is 15.3. The Morgan fingerprint density at radius 3 is 2.55 bits per heavy atom. The number of hydrogen-bond donors (Lipinski definition) is 2. The van der Waals surface area contributed by atoms with Crippen LogP contribution in [0.25, 0.3) is 0 Å². The Balaban J connectivity index is 1.96. The first-order chi connectivity index (χ1) is 9.47. The van der Waals surface area contributed by atoms with Crippen molar-refractivity contribution in [2.45, 2.75) is 33.2 Å². The molecule has 0 unspecified atom stereocenters. The van der Waals surface area contributed by atoms with Crippen LogP contribution in [0.4, 0.5) is 0 Å². The highest BCUT2D eigenvalue weighted by Gasteiger charge is 2.21. The van der Waals surface area contributed by atoms with Crippen LogP contribution in [-0.2, 0) is 6.54 Å². The van der Waals surface area contributed by atoms with E-state index in [1.807, 2.05) is 12.1 Å². The van der Waals surface area contributed by atoms with Crippen LogP contribution in [0, 0.1) is 17.2 Å². The van der Waals surface area contributed by atoms with Crippen molar-refractivity contribution < 1.29 is 0 Å². The summed E-state index contributed by atoms with van der Waals surface area (Å²) in [5.74, 6) is 1.72. The van der Waals surface area contributed by atoms with Crippen molar-refractivity contribution in [3.63, 3.8) is 0 Å². The molecule has 0 amide bonds. The summed E-state index contributed by atoms with van der Waals surface area (Å²) in [6, 6.07) is 5.66. The maximum atomic E-state index is 7.43. The second-order valence-corrected chi connectivity index (χ2v) is 6.48. The fraction of sp³-hybridized carbons (Fsp3) is 0.562. The lowest BCUT2D eigenvalue weighted by atomic mass is 9.86. The molecule has 0 saturated carbocycles. The van der Waals surface area contributed by atoms with Gasteiger partial charge in [0.1, 0.15) is 5.84 Å². The summed E-state index contributed by atoms with van der Waals surface area (Å²) in [4.78, 5) is 2.47. The minimum atomic E-state index is 0.0659. The average molecular weight is 294 g/mol. The van der Waals surface area contributed by atoms with E-state index >= 15 is 0 Å². The number of hydrogen-bond acceptors (Lipinski definition) is 2. The number of nitrogens with one attached hydrogen (secondary N) is 1. The third kappa shape index (κ3) is 3.74. The van der Waals surface area contributed by atoms with Crippen molar-refractivity contribution in [2.24, 2.45) is 17.6 Å². The van der Waals surface area contributed by atoms with Crippen molar-refractivity contribution in [2.75, 3.05) is 13.1 Å². The molecule has 110 valence electrons. The SMILES string of the molecule is CC(C)C1CCN(Cc2ccc(C(=N)N)cc2Cl)CC1. The third-order valence-electron chi connectivity index (χ3n) is 4.33. The molecular formula is C16H24ClN3. The number of nitrogens with zero attached hydrogens (tertiary/aromatic N) is 1. The first-order valence-corrected chi connectivity index (χ1v) is 7.70. The third-order valence-corrected chi connectivity index (χ3v) is 4.68. The van der Waals surface area contributed by atoms with E-state index in [0.29, 0.717) is 10.6 Å². The van der Waals surface area contributed by atoms with E-state index in [4.69, 9.17) is 22.7 Å². The Morgan fingerprint density at radius 2 is 2.05 bits per heavy atom. The van der Waals surface area contributed by atoms with Gasteiger partial charge in [-0.3, -0.25) is 10.3 Å². The van der Waals surface area contributed by atoms with E-state index in [-0.39, 0.29) is 5.84 Å². The summed E-state index contributed by atoms with van der Waals surface area (Å²) in [6.45, 7) is 7.82. The molecule has 1 aliphatic rings. The van der Waals surface area contributed by atoms with Gasteiger partial charge in [-0.05, 0) is 49.4 Å². The van der Waals surface area contributed by atoms with Gasteiger partial charge in [0, 0.05) is 17.1 Å². The lowest BCUT2D eigenvalue weighted by Crippen LogP contribution is -2.34. The summed E-state index contributed by atoms with van der Waals surface area (Å²) in [5.41, 5.74) is 7.29. The number of nitrogens with two attached hydrogens (primary N) is 1. The van der Waals surface area contributed by atoms with E-state index in [9.17, 15) is 0 Å². The predicted octanol–water partition coefficient (Wildman–Crippen LogP) is 3.49. The zero-order valence-electron chi connectivity index (χ0n) is 12.3. The Kier molecular flexibility index (Phi) is 5.06. The van der Waals surface area contributed by atoms with Gasteiger partial charge < -0.3 is 5.73 Å². The van der Waals surface area contributed by atoms with Crippen LogP contribution < -0.4 is 5.73 Å². The van der Waals surface area contributed by atoms with E-state index in [0.717, 1.165) is 37.0 Å². The van der Waals surface area contributed by atoms with Gasteiger partial charge in [-0.1, -0.05) is 37.6 Å². The zero-order chi connectivity index (χ0) is 14.7. The molecule has 2 rings (SSSR count). The Labute approximate surface area is 126 Å². The molecule has 3 nitrogen and oxygen atoms in total. The standard InChI is InChI=1S/C16H24ClN3/c1-11(2)12-5-7-20(8-6-12)10-14-4-3-13(16(18)19)9-15(14)17/h3-4,9,11-12H,5-8,10H2,1-2H3,(H3,18,19). The second-order valence-electron chi connectivity index (χ2n) is 6.08. The number of nitrogen functional groups attached to an aromatic ring is 1. The summed E-state index contributed by atoms with van der Waals surface area (Å²) in [6.07, 6.45) is 2.56. The van der Waals surface area contributed by atoms with Crippen molar-refractivity contribution >= 4 is 17.4 Å². The summed E-state index contributed by atoms with van der Waals surface area (Å²) >= 11 is 6.29. The van der Waals surface area contributed by atoms with Gasteiger partial charge in [0.25, 0.3) is 0 Å².